The Bertz CT molecular complexity index is 721. The van der Waals surface area contributed by atoms with Crippen LogP contribution in [0, 0.1) is 11.3 Å². The molecule has 0 bridgehead atoms. The minimum atomic E-state index is -0.645. The molecule has 25 heavy (non-hydrogen) atoms. The summed E-state index contributed by atoms with van der Waals surface area (Å²) in [6, 6.07) is 15.9. The van der Waals surface area contributed by atoms with Crippen molar-refractivity contribution in [1.29, 1.82) is 5.26 Å². The molecule has 0 saturated heterocycles. The van der Waals surface area contributed by atoms with Crippen molar-refractivity contribution < 1.29 is 19.0 Å². The van der Waals surface area contributed by atoms with Gasteiger partial charge in [0.05, 0.1) is 25.3 Å². The van der Waals surface area contributed by atoms with Crippen molar-refractivity contribution >= 4 is 5.91 Å². The van der Waals surface area contributed by atoms with Gasteiger partial charge in [0.1, 0.15) is 23.9 Å². The lowest BCUT2D eigenvalue weighted by molar-refractivity contribution is -0.127. The van der Waals surface area contributed by atoms with Gasteiger partial charge in [-0.2, -0.15) is 5.26 Å². The van der Waals surface area contributed by atoms with Crippen LogP contribution in [0.3, 0.4) is 0 Å². The lowest BCUT2D eigenvalue weighted by Gasteiger charge is -2.15. The van der Waals surface area contributed by atoms with Crippen LogP contribution in [0.2, 0.25) is 0 Å². The van der Waals surface area contributed by atoms with Gasteiger partial charge in [-0.3, -0.25) is 4.79 Å². The number of methoxy groups -OCH3 is 1. The zero-order valence-electron chi connectivity index (χ0n) is 14.2. The van der Waals surface area contributed by atoms with Gasteiger partial charge in [0.25, 0.3) is 5.91 Å². The molecule has 0 spiro atoms. The SMILES string of the molecule is COc1ccc(OCCNC(=O)C(C)Oc2ccc(C#N)cc2)cc1. The third kappa shape index (κ3) is 5.74. The van der Waals surface area contributed by atoms with Gasteiger partial charge in [0.15, 0.2) is 6.10 Å². The summed E-state index contributed by atoms with van der Waals surface area (Å²) in [5.74, 6) is 1.77. The number of hydrogen-bond acceptors (Lipinski definition) is 5. The van der Waals surface area contributed by atoms with Gasteiger partial charge in [-0.05, 0) is 55.5 Å². The Morgan fingerprint density at radius 1 is 1.08 bits per heavy atom. The quantitative estimate of drug-likeness (QED) is 0.747. The summed E-state index contributed by atoms with van der Waals surface area (Å²) in [4.78, 5) is 12.0. The fourth-order valence-corrected chi connectivity index (χ4v) is 2.02. The Labute approximate surface area is 146 Å². The largest absolute Gasteiger partial charge is 0.497 e. The van der Waals surface area contributed by atoms with E-state index in [9.17, 15) is 4.79 Å². The monoisotopic (exact) mass is 340 g/mol. The third-order valence-corrected chi connectivity index (χ3v) is 3.39. The van der Waals surface area contributed by atoms with E-state index in [-0.39, 0.29) is 5.91 Å². The highest BCUT2D eigenvalue weighted by Crippen LogP contribution is 2.16. The van der Waals surface area contributed by atoms with Crippen LogP contribution in [-0.4, -0.2) is 32.3 Å². The van der Waals surface area contributed by atoms with E-state index in [4.69, 9.17) is 19.5 Å². The lowest BCUT2D eigenvalue weighted by Crippen LogP contribution is -2.38. The number of nitrogens with zero attached hydrogens (tertiary/aromatic N) is 1. The van der Waals surface area contributed by atoms with Gasteiger partial charge in [0, 0.05) is 0 Å². The highest BCUT2D eigenvalue weighted by Gasteiger charge is 2.14. The number of nitrogens with one attached hydrogen (secondary N) is 1. The molecule has 1 atom stereocenters. The number of carbonyl (C=O) groups excluding carboxylic acids is 1. The predicted octanol–water partition coefficient (Wildman–Crippen LogP) is 2.53. The molecule has 0 aliphatic rings. The normalized spacial score (nSPS) is 11.1. The number of rotatable bonds is 8. The minimum absolute atomic E-state index is 0.234. The molecule has 2 rings (SSSR count). The number of amides is 1. The molecule has 0 fully saturated rings. The first-order chi connectivity index (χ1) is 12.1. The Hall–Kier alpha value is -3.20. The highest BCUT2D eigenvalue weighted by molar-refractivity contribution is 5.80. The molecular formula is C19H20N2O4. The summed E-state index contributed by atoms with van der Waals surface area (Å²) in [6.07, 6.45) is -0.645. The second-order valence-corrected chi connectivity index (χ2v) is 5.21. The van der Waals surface area contributed by atoms with Crippen molar-refractivity contribution in [3.63, 3.8) is 0 Å². The number of hydrogen-bond donors (Lipinski definition) is 1. The maximum Gasteiger partial charge on any atom is 0.260 e. The summed E-state index contributed by atoms with van der Waals surface area (Å²) >= 11 is 0. The van der Waals surface area contributed by atoms with Crippen LogP contribution in [0.4, 0.5) is 0 Å². The molecule has 0 saturated carbocycles. The first-order valence-electron chi connectivity index (χ1n) is 7.84. The van der Waals surface area contributed by atoms with Crippen LogP contribution in [0.1, 0.15) is 12.5 Å². The van der Waals surface area contributed by atoms with Crippen LogP contribution < -0.4 is 19.5 Å². The van der Waals surface area contributed by atoms with Gasteiger partial charge in [-0.25, -0.2) is 0 Å². The molecule has 6 nitrogen and oxygen atoms in total. The van der Waals surface area contributed by atoms with E-state index in [1.54, 1.807) is 62.6 Å². The van der Waals surface area contributed by atoms with E-state index in [1.165, 1.54) is 0 Å². The average molecular weight is 340 g/mol. The highest BCUT2D eigenvalue weighted by atomic mass is 16.5. The first kappa shape index (κ1) is 18.1. The lowest BCUT2D eigenvalue weighted by atomic mass is 10.2. The van der Waals surface area contributed by atoms with E-state index >= 15 is 0 Å². The zero-order chi connectivity index (χ0) is 18.1. The first-order valence-corrected chi connectivity index (χ1v) is 7.84. The standard InChI is InChI=1S/C19H20N2O4/c1-14(25-18-5-3-15(13-20)4-6-18)19(22)21-11-12-24-17-9-7-16(23-2)8-10-17/h3-10,14H,11-12H2,1-2H3,(H,21,22). The fourth-order valence-electron chi connectivity index (χ4n) is 2.02. The second kappa shape index (κ2) is 9.18. The number of benzene rings is 2. The van der Waals surface area contributed by atoms with E-state index in [2.05, 4.69) is 5.32 Å². The molecule has 2 aromatic carbocycles. The maximum absolute atomic E-state index is 12.0. The van der Waals surface area contributed by atoms with Gasteiger partial charge in [0.2, 0.25) is 0 Å². The van der Waals surface area contributed by atoms with Gasteiger partial charge in [-0.1, -0.05) is 0 Å². The fraction of sp³-hybridized carbons (Fsp3) is 0.263. The van der Waals surface area contributed by atoms with Crippen molar-refractivity contribution in [2.24, 2.45) is 0 Å². The van der Waals surface area contributed by atoms with E-state index in [0.29, 0.717) is 30.2 Å². The molecule has 6 heteroatoms. The molecule has 0 aliphatic carbocycles. The molecular weight excluding hydrogens is 320 g/mol. The molecule has 1 unspecified atom stereocenters. The van der Waals surface area contributed by atoms with Crippen molar-refractivity contribution in [2.75, 3.05) is 20.3 Å². The van der Waals surface area contributed by atoms with Crippen molar-refractivity contribution in [3.8, 4) is 23.3 Å². The summed E-state index contributed by atoms with van der Waals surface area (Å²) < 4.78 is 16.2. The molecule has 130 valence electrons. The maximum atomic E-state index is 12.0. The van der Waals surface area contributed by atoms with Crippen molar-refractivity contribution in [1.82, 2.24) is 5.32 Å². The van der Waals surface area contributed by atoms with E-state index in [0.717, 1.165) is 5.75 Å². The van der Waals surface area contributed by atoms with Gasteiger partial charge in [-0.15, -0.1) is 0 Å². The molecule has 1 N–H and O–H groups in total. The van der Waals surface area contributed by atoms with Gasteiger partial charge < -0.3 is 19.5 Å². The Kier molecular flexibility index (Phi) is 6.66. The van der Waals surface area contributed by atoms with Gasteiger partial charge >= 0.3 is 0 Å². The Morgan fingerprint density at radius 2 is 1.68 bits per heavy atom. The average Bonchev–Trinajstić information content (AvgIpc) is 2.66. The van der Waals surface area contributed by atoms with E-state index < -0.39 is 6.10 Å². The van der Waals surface area contributed by atoms with Crippen LogP contribution in [-0.2, 0) is 4.79 Å². The third-order valence-electron chi connectivity index (χ3n) is 3.39. The number of nitriles is 1. The Morgan fingerprint density at radius 3 is 2.28 bits per heavy atom. The summed E-state index contributed by atoms with van der Waals surface area (Å²) in [6.45, 7) is 2.38. The predicted molar refractivity (Wildman–Crippen MR) is 92.7 cm³/mol. The summed E-state index contributed by atoms with van der Waals surface area (Å²) in [5.41, 5.74) is 0.542. The smallest absolute Gasteiger partial charge is 0.260 e. The molecule has 1 amide bonds. The number of ether oxygens (including phenoxy) is 3. The molecule has 0 radical (unpaired) electrons. The minimum Gasteiger partial charge on any atom is -0.497 e. The topological polar surface area (TPSA) is 80.6 Å². The van der Waals surface area contributed by atoms with Crippen LogP contribution in [0.25, 0.3) is 0 Å². The molecule has 0 heterocycles. The molecule has 0 aromatic heterocycles. The molecule has 0 aliphatic heterocycles. The molecule has 2 aromatic rings. The van der Waals surface area contributed by atoms with E-state index in [1.807, 2.05) is 6.07 Å². The summed E-state index contributed by atoms with van der Waals surface area (Å²) in [5, 5.41) is 11.5. The van der Waals surface area contributed by atoms with Crippen LogP contribution in [0.15, 0.2) is 48.5 Å². The summed E-state index contributed by atoms with van der Waals surface area (Å²) in [7, 11) is 1.60. The van der Waals surface area contributed by atoms with Crippen molar-refractivity contribution in [2.45, 2.75) is 13.0 Å². The van der Waals surface area contributed by atoms with Crippen LogP contribution >= 0.6 is 0 Å². The number of carbonyl (C=O) groups is 1. The Balaban J connectivity index is 1.70. The van der Waals surface area contributed by atoms with Crippen LogP contribution in [0.5, 0.6) is 17.2 Å². The van der Waals surface area contributed by atoms with Crippen molar-refractivity contribution in [3.05, 3.63) is 54.1 Å². The second-order valence-electron chi connectivity index (χ2n) is 5.21. The zero-order valence-corrected chi connectivity index (χ0v) is 14.2.